The zero-order valence-corrected chi connectivity index (χ0v) is 17.7. The van der Waals surface area contributed by atoms with Gasteiger partial charge < -0.3 is 0 Å². The number of likely N-dealkylation sites (tertiary alicyclic amines) is 1. The van der Waals surface area contributed by atoms with E-state index < -0.39 is 16.3 Å². The molecule has 0 saturated carbocycles. The van der Waals surface area contributed by atoms with Crippen LogP contribution in [-0.4, -0.2) is 27.7 Å². The molecule has 2 nitrogen and oxygen atoms in total. The number of rotatable bonds is 3. The summed E-state index contributed by atoms with van der Waals surface area (Å²) in [7, 11) is -2.91. The molecule has 1 saturated heterocycles. The Morgan fingerprint density at radius 1 is 0.929 bits per heavy atom. The van der Waals surface area contributed by atoms with E-state index in [0.717, 1.165) is 6.54 Å². The molecule has 1 unspecified atom stereocenters. The molecule has 2 aromatic carbocycles. The van der Waals surface area contributed by atoms with Gasteiger partial charge in [-0.3, -0.25) is 4.90 Å². The van der Waals surface area contributed by atoms with E-state index in [1.807, 2.05) is 13.8 Å². The molecule has 28 heavy (non-hydrogen) atoms. The van der Waals surface area contributed by atoms with Crippen molar-refractivity contribution in [3.05, 3.63) is 65.7 Å². The van der Waals surface area contributed by atoms with Crippen LogP contribution in [0.2, 0.25) is 0 Å². The quantitative estimate of drug-likeness (QED) is 0.587. The molecule has 1 atom stereocenters. The third-order valence-corrected chi connectivity index (χ3v) is 5.21. The van der Waals surface area contributed by atoms with Crippen LogP contribution < -0.4 is 0 Å². The van der Waals surface area contributed by atoms with E-state index in [1.165, 1.54) is 56.1 Å². The van der Waals surface area contributed by atoms with Gasteiger partial charge in [-0.05, 0) is 56.1 Å². The van der Waals surface area contributed by atoms with Gasteiger partial charge in [-0.1, -0.05) is 62.7 Å². The van der Waals surface area contributed by atoms with Crippen molar-refractivity contribution in [3.8, 4) is 0 Å². The molecule has 0 radical (unpaired) electrons. The molecule has 1 fully saturated rings. The van der Waals surface area contributed by atoms with Crippen molar-refractivity contribution in [3.63, 3.8) is 0 Å². The summed E-state index contributed by atoms with van der Waals surface area (Å²) in [5.41, 5.74) is -2.56. The smallest absolute Gasteiger partial charge is 0.299 e. The lowest BCUT2D eigenvalue weighted by atomic mass is 10.1. The Morgan fingerprint density at radius 2 is 1.54 bits per heavy atom. The first-order valence-corrected chi connectivity index (χ1v) is 10.8. The maximum atomic E-state index is 12.0. The number of aryl methyl sites for hydroxylation is 1. The van der Waals surface area contributed by atoms with Crippen LogP contribution >= 0.6 is 0 Å². The van der Waals surface area contributed by atoms with E-state index in [9.17, 15) is 17.4 Å². The van der Waals surface area contributed by atoms with Crippen LogP contribution in [0.4, 0.5) is 13.2 Å². The second-order valence-corrected chi connectivity index (χ2v) is 7.83. The lowest BCUT2D eigenvalue weighted by Gasteiger charge is -2.26. The highest BCUT2D eigenvalue weighted by atomic mass is 32.2. The van der Waals surface area contributed by atoms with E-state index in [4.69, 9.17) is 0 Å². The third-order valence-electron chi connectivity index (χ3n) is 4.11. The number of hydrogen-bond donors (Lipinski definition) is 0. The monoisotopic (exact) mass is 413 g/mol. The highest BCUT2D eigenvalue weighted by molar-refractivity contribution is 7.86. The van der Waals surface area contributed by atoms with Crippen molar-refractivity contribution in [2.24, 2.45) is 0 Å². The van der Waals surface area contributed by atoms with Gasteiger partial charge in [0.25, 0.3) is 0 Å². The fourth-order valence-electron chi connectivity index (χ4n) is 2.82. The van der Waals surface area contributed by atoms with Crippen molar-refractivity contribution in [1.82, 2.24) is 4.90 Å². The number of piperidine rings is 1. The molecular formula is C22H30F3NOS. The largest absolute Gasteiger partial charge is 0.475 e. The summed E-state index contributed by atoms with van der Waals surface area (Å²) in [6.07, 6.45) is 4.19. The Kier molecular flexibility index (Phi) is 11.1. The molecule has 2 aromatic rings. The SMILES string of the molecule is CC.Cc1cccc(S(=O)C(F)(F)F)c1.c1ccc(CN2CCCCC2)cc1. The maximum Gasteiger partial charge on any atom is 0.475 e. The highest BCUT2D eigenvalue weighted by Crippen LogP contribution is 2.26. The summed E-state index contributed by atoms with van der Waals surface area (Å²) < 4.78 is 46.7. The molecule has 0 N–H and O–H groups in total. The second-order valence-electron chi connectivity index (χ2n) is 6.35. The van der Waals surface area contributed by atoms with Crippen LogP contribution in [0, 0.1) is 6.92 Å². The summed E-state index contributed by atoms with van der Waals surface area (Å²) in [5.74, 6) is 0. The number of hydrogen-bond acceptors (Lipinski definition) is 2. The first-order valence-electron chi connectivity index (χ1n) is 9.68. The summed E-state index contributed by atoms with van der Waals surface area (Å²) in [5, 5.41) is 0. The van der Waals surface area contributed by atoms with Crippen LogP contribution in [0.25, 0.3) is 0 Å². The predicted octanol–water partition coefficient (Wildman–Crippen LogP) is 6.32. The molecule has 1 heterocycles. The molecule has 6 heteroatoms. The van der Waals surface area contributed by atoms with Crippen molar-refractivity contribution in [1.29, 1.82) is 0 Å². The first-order chi connectivity index (χ1) is 13.4. The Balaban J connectivity index is 0.000000257. The number of nitrogens with zero attached hydrogens (tertiary/aromatic N) is 1. The molecule has 1 aliphatic rings. The topological polar surface area (TPSA) is 20.3 Å². The van der Waals surface area contributed by atoms with Crippen LogP contribution in [-0.2, 0) is 17.3 Å². The van der Waals surface area contributed by atoms with Gasteiger partial charge in [-0.25, -0.2) is 4.21 Å². The average molecular weight is 414 g/mol. The maximum absolute atomic E-state index is 12.0. The Labute approximate surface area is 169 Å². The van der Waals surface area contributed by atoms with Crippen molar-refractivity contribution in [2.75, 3.05) is 13.1 Å². The molecule has 156 valence electrons. The van der Waals surface area contributed by atoms with E-state index in [-0.39, 0.29) is 4.90 Å². The van der Waals surface area contributed by atoms with Crippen molar-refractivity contribution < 1.29 is 17.4 Å². The van der Waals surface area contributed by atoms with Crippen LogP contribution in [0.3, 0.4) is 0 Å². The van der Waals surface area contributed by atoms with Crippen molar-refractivity contribution >= 4 is 10.8 Å². The summed E-state index contributed by atoms with van der Waals surface area (Å²) >= 11 is 0. The summed E-state index contributed by atoms with van der Waals surface area (Å²) in [4.78, 5) is 2.35. The lowest BCUT2D eigenvalue weighted by molar-refractivity contribution is -0.0384. The molecule has 0 amide bonds. The minimum Gasteiger partial charge on any atom is -0.299 e. The van der Waals surface area contributed by atoms with Gasteiger partial charge in [0.2, 0.25) is 0 Å². The van der Waals surface area contributed by atoms with E-state index in [2.05, 4.69) is 35.2 Å². The summed E-state index contributed by atoms with van der Waals surface area (Å²) in [6.45, 7) is 9.36. The van der Waals surface area contributed by atoms with Crippen LogP contribution in [0.15, 0.2) is 59.5 Å². The first kappa shape index (κ1) is 24.4. The van der Waals surface area contributed by atoms with Gasteiger partial charge in [0.05, 0.1) is 0 Å². The zero-order chi connectivity index (χ0) is 21.0. The Bertz CT molecular complexity index is 698. The molecule has 0 aromatic heterocycles. The van der Waals surface area contributed by atoms with E-state index in [0.29, 0.717) is 5.56 Å². The van der Waals surface area contributed by atoms with Gasteiger partial charge in [0.15, 0.2) is 10.8 Å². The minimum absolute atomic E-state index is 0.201. The standard InChI is InChI=1S/C12H17N.C8H7F3OS.C2H6/c1-3-7-12(8-4-1)11-13-9-5-2-6-10-13;1-6-3-2-4-7(5-6)13(12)8(9,10)11;1-2/h1,3-4,7-8H,2,5-6,9-11H2;2-5H,1H3;1-2H3. The van der Waals surface area contributed by atoms with Crippen LogP contribution in [0.1, 0.15) is 44.2 Å². The highest BCUT2D eigenvalue weighted by Gasteiger charge is 2.37. The normalized spacial score (nSPS) is 15.5. The van der Waals surface area contributed by atoms with Gasteiger partial charge in [-0.2, -0.15) is 13.2 Å². The van der Waals surface area contributed by atoms with E-state index in [1.54, 1.807) is 13.0 Å². The molecule has 3 rings (SSSR count). The molecule has 0 spiro atoms. The van der Waals surface area contributed by atoms with Crippen LogP contribution in [0.5, 0.6) is 0 Å². The van der Waals surface area contributed by atoms with Crippen molar-refractivity contribution in [2.45, 2.75) is 57.0 Å². The number of alkyl halides is 3. The summed E-state index contributed by atoms with van der Waals surface area (Å²) in [6, 6.07) is 16.3. The van der Waals surface area contributed by atoms with Gasteiger partial charge in [-0.15, -0.1) is 0 Å². The van der Waals surface area contributed by atoms with Gasteiger partial charge in [0, 0.05) is 11.4 Å². The van der Waals surface area contributed by atoms with E-state index >= 15 is 0 Å². The predicted molar refractivity (Wildman–Crippen MR) is 111 cm³/mol. The molecule has 0 bridgehead atoms. The number of benzene rings is 2. The average Bonchev–Trinajstić information content (AvgIpc) is 2.70. The molecule has 1 aliphatic heterocycles. The minimum atomic E-state index is -4.67. The zero-order valence-electron chi connectivity index (χ0n) is 16.8. The third kappa shape index (κ3) is 9.02. The lowest BCUT2D eigenvalue weighted by Crippen LogP contribution is -2.28. The number of halogens is 3. The fourth-order valence-corrected chi connectivity index (χ4v) is 3.59. The Hall–Kier alpha value is -1.66. The molecule has 0 aliphatic carbocycles. The fraction of sp³-hybridized carbons (Fsp3) is 0.455. The second kappa shape index (κ2) is 12.7. The Morgan fingerprint density at radius 3 is 2.07 bits per heavy atom. The van der Waals surface area contributed by atoms with Gasteiger partial charge in [0.1, 0.15) is 0 Å². The molecular weight excluding hydrogens is 383 g/mol. The van der Waals surface area contributed by atoms with Gasteiger partial charge >= 0.3 is 5.51 Å².